The molecular weight excluding hydrogens is 466 g/mol. The minimum Gasteiger partial charge on any atom is -0.497 e. The smallest absolute Gasteiger partial charge is 0.273 e. The summed E-state index contributed by atoms with van der Waals surface area (Å²) in [6, 6.07) is 24.5. The summed E-state index contributed by atoms with van der Waals surface area (Å²) >= 11 is 0. The lowest BCUT2D eigenvalue weighted by atomic mass is 9.88. The van der Waals surface area contributed by atoms with E-state index in [-0.39, 0.29) is 28.4 Å². The van der Waals surface area contributed by atoms with Gasteiger partial charge in [0, 0.05) is 55.8 Å². The minimum atomic E-state index is -0.314. The Kier molecular flexibility index (Phi) is 8.56. The number of ether oxygens (including phenoxy) is 1. The van der Waals surface area contributed by atoms with Crippen LogP contribution in [-0.4, -0.2) is 53.9 Å². The second-order valence-electron chi connectivity index (χ2n) is 10.2. The minimum absolute atomic E-state index is 0.0378. The van der Waals surface area contributed by atoms with Crippen LogP contribution in [0.1, 0.15) is 41.3 Å². The number of hydrogen-bond acceptors (Lipinski definition) is 5. The van der Waals surface area contributed by atoms with Crippen LogP contribution in [-0.2, 0) is 6.54 Å². The van der Waals surface area contributed by atoms with E-state index < -0.39 is 0 Å². The van der Waals surface area contributed by atoms with Crippen molar-refractivity contribution in [3.05, 3.63) is 106 Å². The number of nitro groups is 1. The molecule has 37 heavy (non-hydrogen) atoms. The molecule has 0 aliphatic carbocycles. The van der Waals surface area contributed by atoms with Crippen molar-refractivity contribution >= 4 is 11.6 Å². The summed E-state index contributed by atoms with van der Waals surface area (Å²) in [4.78, 5) is 29.1. The van der Waals surface area contributed by atoms with Gasteiger partial charge in [0.05, 0.1) is 12.0 Å². The van der Waals surface area contributed by atoms with Gasteiger partial charge in [-0.25, -0.2) is 0 Å². The fourth-order valence-corrected chi connectivity index (χ4v) is 5.32. The van der Waals surface area contributed by atoms with Crippen molar-refractivity contribution in [3.63, 3.8) is 0 Å². The Bertz CT molecular complexity index is 1210. The molecule has 0 spiro atoms. The van der Waals surface area contributed by atoms with Gasteiger partial charge in [-0.2, -0.15) is 0 Å². The maximum atomic E-state index is 13.5. The topological polar surface area (TPSA) is 75.9 Å². The van der Waals surface area contributed by atoms with Gasteiger partial charge in [-0.15, -0.1) is 0 Å². The van der Waals surface area contributed by atoms with E-state index >= 15 is 0 Å². The van der Waals surface area contributed by atoms with E-state index in [4.69, 9.17) is 4.74 Å². The highest BCUT2D eigenvalue weighted by atomic mass is 16.6. The molecule has 2 unspecified atom stereocenters. The molecule has 7 heteroatoms. The number of amides is 1. The van der Waals surface area contributed by atoms with Crippen molar-refractivity contribution in [2.24, 2.45) is 11.8 Å². The maximum Gasteiger partial charge on any atom is 0.273 e. The van der Waals surface area contributed by atoms with E-state index in [1.54, 1.807) is 19.2 Å². The quantitative estimate of drug-likeness (QED) is 0.266. The standard InChI is InChI=1S/C30H35N3O4/c1-22(2)17-32(30(34)23-10-5-4-6-11-23)20-26-19-31(18-25-12-7-8-15-29(25)33(35)36)21-28(26)24-13-9-14-27(16-24)37-3/h4-16,22,26,28H,17-21H2,1-3H3. The zero-order valence-corrected chi connectivity index (χ0v) is 21.7. The number of hydrogen-bond donors (Lipinski definition) is 0. The molecule has 1 aliphatic heterocycles. The van der Waals surface area contributed by atoms with E-state index in [2.05, 4.69) is 30.9 Å². The highest BCUT2D eigenvalue weighted by molar-refractivity contribution is 5.94. The lowest BCUT2D eigenvalue weighted by Crippen LogP contribution is -2.39. The van der Waals surface area contributed by atoms with Gasteiger partial charge in [0.2, 0.25) is 0 Å². The lowest BCUT2D eigenvalue weighted by Gasteiger charge is -2.30. The number of likely N-dealkylation sites (tertiary alicyclic amines) is 1. The number of para-hydroxylation sites is 1. The first-order valence-electron chi connectivity index (χ1n) is 12.8. The first-order chi connectivity index (χ1) is 17.9. The molecule has 3 aromatic rings. The van der Waals surface area contributed by atoms with Crippen LogP contribution in [0, 0.1) is 22.0 Å². The molecule has 1 heterocycles. The number of carbonyl (C=O) groups excluding carboxylic acids is 1. The van der Waals surface area contributed by atoms with E-state index in [1.807, 2.05) is 59.5 Å². The number of benzene rings is 3. The number of nitrogens with zero attached hydrogens (tertiary/aromatic N) is 3. The highest BCUT2D eigenvalue weighted by Crippen LogP contribution is 2.36. The Morgan fingerprint density at radius 1 is 1.05 bits per heavy atom. The van der Waals surface area contributed by atoms with Crippen LogP contribution in [0.2, 0.25) is 0 Å². The van der Waals surface area contributed by atoms with Gasteiger partial charge >= 0.3 is 0 Å². The average molecular weight is 502 g/mol. The summed E-state index contributed by atoms with van der Waals surface area (Å²) in [5.41, 5.74) is 2.70. The second kappa shape index (κ2) is 12.0. The fourth-order valence-electron chi connectivity index (χ4n) is 5.32. The van der Waals surface area contributed by atoms with Gasteiger partial charge < -0.3 is 9.64 Å². The number of methoxy groups -OCH3 is 1. The largest absolute Gasteiger partial charge is 0.497 e. The molecule has 0 bridgehead atoms. The third kappa shape index (κ3) is 6.54. The Morgan fingerprint density at radius 2 is 1.78 bits per heavy atom. The van der Waals surface area contributed by atoms with Crippen molar-refractivity contribution in [1.29, 1.82) is 0 Å². The van der Waals surface area contributed by atoms with E-state index in [1.165, 1.54) is 0 Å². The zero-order chi connectivity index (χ0) is 26.4. The summed E-state index contributed by atoms with van der Waals surface area (Å²) in [6.45, 7) is 7.51. The third-order valence-corrected chi connectivity index (χ3v) is 6.97. The van der Waals surface area contributed by atoms with Crippen LogP contribution in [0.15, 0.2) is 78.9 Å². The van der Waals surface area contributed by atoms with Gasteiger partial charge in [0.1, 0.15) is 5.75 Å². The van der Waals surface area contributed by atoms with Gasteiger partial charge in [-0.3, -0.25) is 19.8 Å². The van der Waals surface area contributed by atoms with Crippen molar-refractivity contribution in [2.75, 3.05) is 33.3 Å². The highest BCUT2D eigenvalue weighted by Gasteiger charge is 2.37. The van der Waals surface area contributed by atoms with Crippen molar-refractivity contribution in [3.8, 4) is 5.75 Å². The van der Waals surface area contributed by atoms with E-state index in [0.717, 1.165) is 24.4 Å². The Balaban J connectivity index is 1.62. The van der Waals surface area contributed by atoms with Crippen LogP contribution in [0.3, 0.4) is 0 Å². The number of carbonyl (C=O) groups is 1. The van der Waals surface area contributed by atoms with Gasteiger partial charge in [-0.1, -0.05) is 62.4 Å². The monoisotopic (exact) mass is 501 g/mol. The predicted octanol–water partition coefficient (Wildman–Crippen LogP) is 5.62. The predicted molar refractivity (Wildman–Crippen MR) is 145 cm³/mol. The van der Waals surface area contributed by atoms with Crippen LogP contribution in [0.25, 0.3) is 0 Å². The normalized spacial score (nSPS) is 17.6. The first kappa shape index (κ1) is 26.4. The molecular formula is C30H35N3O4. The summed E-state index contributed by atoms with van der Waals surface area (Å²) in [5, 5.41) is 11.6. The summed E-state index contributed by atoms with van der Waals surface area (Å²) in [7, 11) is 1.66. The summed E-state index contributed by atoms with van der Waals surface area (Å²) in [5.74, 6) is 1.49. The van der Waals surface area contributed by atoms with Crippen molar-refractivity contribution < 1.29 is 14.5 Å². The summed E-state index contributed by atoms with van der Waals surface area (Å²) < 4.78 is 5.49. The molecule has 1 saturated heterocycles. The second-order valence-corrected chi connectivity index (χ2v) is 10.2. The molecule has 0 radical (unpaired) electrons. The van der Waals surface area contributed by atoms with Crippen LogP contribution in [0.5, 0.6) is 5.75 Å². The van der Waals surface area contributed by atoms with Crippen LogP contribution >= 0.6 is 0 Å². The molecule has 7 nitrogen and oxygen atoms in total. The molecule has 1 amide bonds. The number of nitro benzene ring substituents is 1. The van der Waals surface area contributed by atoms with Gasteiger partial charge in [0.15, 0.2) is 0 Å². The Morgan fingerprint density at radius 3 is 2.49 bits per heavy atom. The van der Waals surface area contributed by atoms with E-state index in [0.29, 0.717) is 36.7 Å². The molecule has 0 saturated carbocycles. The SMILES string of the molecule is COc1cccc(C2CN(Cc3ccccc3[N+](=O)[O-])CC2CN(CC(C)C)C(=O)c2ccccc2)c1. The molecule has 0 N–H and O–H groups in total. The van der Waals surface area contributed by atoms with Crippen LogP contribution < -0.4 is 4.74 Å². The molecule has 1 fully saturated rings. The fraction of sp³-hybridized carbons (Fsp3) is 0.367. The third-order valence-electron chi connectivity index (χ3n) is 6.97. The lowest BCUT2D eigenvalue weighted by molar-refractivity contribution is -0.385. The molecule has 4 rings (SSSR count). The Hall–Kier alpha value is -3.71. The number of rotatable bonds is 10. The molecule has 0 aromatic heterocycles. The van der Waals surface area contributed by atoms with Gasteiger partial charge in [-0.05, 0) is 41.7 Å². The maximum absolute atomic E-state index is 13.5. The first-order valence-corrected chi connectivity index (χ1v) is 12.8. The molecule has 194 valence electrons. The van der Waals surface area contributed by atoms with E-state index in [9.17, 15) is 14.9 Å². The molecule has 3 aromatic carbocycles. The van der Waals surface area contributed by atoms with Crippen molar-refractivity contribution in [1.82, 2.24) is 9.80 Å². The zero-order valence-electron chi connectivity index (χ0n) is 21.7. The molecule has 1 aliphatic rings. The Labute approximate surface area is 218 Å². The molecule has 2 atom stereocenters. The van der Waals surface area contributed by atoms with Gasteiger partial charge in [0.25, 0.3) is 11.6 Å². The van der Waals surface area contributed by atoms with Crippen LogP contribution in [0.4, 0.5) is 5.69 Å². The summed E-state index contributed by atoms with van der Waals surface area (Å²) in [6.07, 6.45) is 0. The van der Waals surface area contributed by atoms with Crippen molar-refractivity contribution in [2.45, 2.75) is 26.3 Å². The average Bonchev–Trinajstić information content (AvgIpc) is 3.30.